The number of carbonyl (C=O) groups excluding carboxylic acids is 1. The summed E-state index contributed by atoms with van der Waals surface area (Å²) < 4.78 is 0. The zero-order valence-electron chi connectivity index (χ0n) is 9.11. The third-order valence-electron chi connectivity index (χ3n) is 2.60. The van der Waals surface area contributed by atoms with Gasteiger partial charge in [0.25, 0.3) is 5.91 Å². The van der Waals surface area contributed by atoms with Crippen molar-refractivity contribution in [2.45, 2.75) is 13.0 Å². The van der Waals surface area contributed by atoms with Crippen LogP contribution in [-0.4, -0.2) is 41.5 Å². The maximum atomic E-state index is 12.0. The van der Waals surface area contributed by atoms with E-state index in [0.29, 0.717) is 16.8 Å². The number of hydrogen-bond donors (Lipinski definition) is 1. The fraction of sp³-hybridized carbons (Fsp3) is 0.455. The number of nitrogens with zero attached hydrogens (tertiary/aromatic N) is 2. The second-order valence-electron chi connectivity index (χ2n) is 3.97. The number of piperazine rings is 1. The van der Waals surface area contributed by atoms with Crippen molar-refractivity contribution in [2.24, 2.45) is 0 Å². The Hall–Kier alpha value is -1.13. The van der Waals surface area contributed by atoms with Crippen molar-refractivity contribution < 1.29 is 4.79 Å². The number of aromatic nitrogens is 1. The molecular weight excluding hydrogens is 226 g/mol. The molecule has 0 radical (unpaired) electrons. The molecule has 1 aromatic rings. The summed E-state index contributed by atoms with van der Waals surface area (Å²) in [7, 11) is 0. The van der Waals surface area contributed by atoms with E-state index in [4.69, 9.17) is 11.6 Å². The number of halogens is 1. The van der Waals surface area contributed by atoms with Crippen LogP contribution in [0, 0.1) is 0 Å². The molecule has 0 aromatic carbocycles. The zero-order chi connectivity index (χ0) is 11.5. The van der Waals surface area contributed by atoms with Gasteiger partial charge in [-0.2, -0.15) is 0 Å². The molecule has 1 atom stereocenters. The maximum Gasteiger partial charge on any atom is 0.272 e. The molecule has 1 fully saturated rings. The number of nitrogens with one attached hydrogen (secondary N) is 1. The normalized spacial score (nSPS) is 20.9. The molecule has 5 heteroatoms. The van der Waals surface area contributed by atoms with Crippen molar-refractivity contribution >= 4 is 17.5 Å². The summed E-state index contributed by atoms with van der Waals surface area (Å²) in [5.74, 6) is -0.0231. The second kappa shape index (κ2) is 4.80. The molecule has 0 bridgehead atoms. The van der Waals surface area contributed by atoms with Gasteiger partial charge < -0.3 is 10.2 Å². The number of pyridine rings is 1. The van der Waals surface area contributed by atoms with E-state index in [0.717, 1.165) is 19.6 Å². The van der Waals surface area contributed by atoms with Crippen LogP contribution in [0.5, 0.6) is 0 Å². The molecule has 1 aromatic heterocycles. The minimum Gasteiger partial charge on any atom is -0.334 e. The Labute approximate surface area is 99.6 Å². The Balaban J connectivity index is 2.09. The minimum absolute atomic E-state index is 0.0231. The summed E-state index contributed by atoms with van der Waals surface area (Å²) in [6.45, 7) is 4.35. The van der Waals surface area contributed by atoms with Crippen LogP contribution in [0.3, 0.4) is 0 Å². The first-order chi connectivity index (χ1) is 7.66. The molecule has 2 rings (SSSR count). The van der Waals surface area contributed by atoms with E-state index in [1.165, 1.54) is 6.20 Å². The monoisotopic (exact) mass is 239 g/mol. The third kappa shape index (κ3) is 2.51. The molecule has 0 unspecified atom stereocenters. The number of rotatable bonds is 1. The van der Waals surface area contributed by atoms with Crippen LogP contribution in [0.1, 0.15) is 17.4 Å². The van der Waals surface area contributed by atoms with E-state index in [1.54, 1.807) is 12.1 Å². The van der Waals surface area contributed by atoms with Crippen molar-refractivity contribution in [1.82, 2.24) is 15.2 Å². The van der Waals surface area contributed by atoms with Gasteiger partial charge in [-0.1, -0.05) is 11.6 Å². The second-order valence-corrected chi connectivity index (χ2v) is 4.40. The summed E-state index contributed by atoms with van der Waals surface area (Å²) in [6.07, 6.45) is 1.50. The lowest BCUT2D eigenvalue weighted by molar-refractivity contribution is 0.0703. The third-order valence-corrected chi connectivity index (χ3v) is 2.83. The van der Waals surface area contributed by atoms with Crippen LogP contribution >= 0.6 is 11.6 Å². The zero-order valence-corrected chi connectivity index (χ0v) is 9.87. The molecule has 1 N–H and O–H groups in total. The van der Waals surface area contributed by atoms with Gasteiger partial charge >= 0.3 is 0 Å². The Morgan fingerprint density at radius 1 is 1.62 bits per heavy atom. The predicted molar refractivity (Wildman–Crippen MR) is 62.6 cm³/mol. The fourth-order valence-electron chi connectivity index (χ4n) is 1.78. The van der Waals surface area contributed by atoms with Crippen LogP contribution in [0.2, 0.25) is 5.02 Å². The van der Waals surface area contributed by atoms with E-state index >= 15 is 0 Å². The summed E-state index contributed by atoms with van der Waals surface area (Å²) in [5, 5.41) is 3.84. The van der Waals surface area contributed by atoms with E-state index in [1.807, 2.05) is 4.90 Å². The largest absolute Gasteiger partial charge is 0.334 e. The van der Waals surface area contributed by atoms with Crippen molar-refractivity contribution in [3.8, 4) is 0 Å². The average Bonchev–Trinajstić information content (AvgIpc) is 2.29. The molecule has 1 amide bonds. The SMILES string of the molecule is C[C@@H]1CN(C(=O)c2ccc(Cl)cn2)CCN1. The molecule has 1 saturated heterocycles. The molecule has 0 spiro atoms. The minimum atomic E-state index is -0.0231. The van der Waals surface area contributed by atoms with Gasteiger partial charge in [-0.3, -0.25) is 4.79 Å². The van der Waals surface area contributed by atoms with Crippen molar-refractivity contribution in [3.63, 3.8) is 0 Å². The van der Waals surface area contributed by atoms with Crippen LogP contribution in [0.15, 0.2) is 18.3 Å². The molecule has 0 aliphatic carbocycles. The Bertz CT molecular complexity index is 379. The highest BCUT2D eigenvalue weighted by Crippen LogP contribution is 2.09. The maximum absolute atomic E-state index is 12.0. The number of amides is 1. The molecule has 2 heterocycles. The number of carbonyl (C=O) groups is 1. The van der Waals surface area contributed by atoms with E-state index in [-0.39, 0.29) is 5.91 Å². The van der Waals surface area contributed by atoms with Gasteiger partial charge in [0.2, 0.25) is 0 Å². The van der Waals surface area contributed by atoms with Crippen LogP contribution in [0.25, 0.3) is 0 Å². The van der Waals surface area contributed by atoms with E-state index in [2.05, 4.69) is 17.2 Å². The van der Waals surface area contributed by atoms with Gasteiger partial charge in [0.15, 0.2) is 0 Å². The summed E-state index contributed by atoms with van der Waals surface area (Å²) in [6, 6.07) is 3.69. The van der Waals surface area contributed by atoms with Crippen LogP contribution in [0.4, 0.5) is 0 Å². The lowest BCUT2D eigenvalue weighted by Crippen LogP contribution is -2.51. The lowest BCUT2D eigenvalue weighted by Gasteiger charge is -2.31. The first-order valence-electron chi connectivity index (χ1n) is 5.31. The van der Waals surface area contributed by atoms with E-state index in [9.17, 15) is 4.79 Å². The summed E-state index contributed by atoms with van der Waals surface area (Å²) >= 11 is 5.73. The molecule has 4 nitrogen and oxygen atoms in total. The van der Waals surface area contributed by atoms with Gasteiger partial charge in [0, 0.05) is 31.9 Å². The van der Waals surface area contributed by atoms with Gasteiger partial charge in [-0.15, -0.1) is 0 Å². The fourth-order valence-corrected chi connectivity index (χ4v) is 1.89. The first kappa shape index (κ1) is 11.4. The summed E-state index contributed by atoms with van der Waals surface area (Å²) in [5.41, 5.74) is 0.457. The first-order valence-corrected chi connectivity index (χ1v) is 5.69. The lowest BCUT2D eigenvalue weighted by atomic mass is 10.2. The van der Waals surface area contributed by atoms with Gasteiger partial charge in [0.1, 0.15) is 5.69 Å². The van der Waals surface area contributed by atoms with Gasteiger partial charge in [0.05, 0.1) is 5.02 Å². The quantitative estimate of drug-likeness (QED) is 0.800. The molecule has 1 aliphatic rings. The highest BCUT2D eigenvalue weighted by atomic mass is 35.5. The molecular formula is C11H14ClN3O. The standard InChI is InChI=1S/C11H14ClN3O/c1-8-7-15(5-4-13-8)11(16)10-3-2-9(12)6-14-10/h2-3,6,8,13H,4-5,7H2,1H3/t8-/m1/s1. The average molecular weight is 240 g/mol. The molecule has 1 aliphatic heterocycles. The van der Waals surface area contributed by atoms with Crippen molar-refractivity contribution in [2.75, 3.05) is 19.6 Å². The van der Waals surface area contributed by atoms with Gasteiger partial charge in [-0.05, 0) is 19.1 Å². The smallest absolute Gasteiger partial charge is 0.272 e. The Morgan fingerprint density at radius 2 is 2.44 bits per heavy atom. The Morgan fingerprint density at radius 3 is 3.06 bits per heavy atom. The van der Waals surface area contributed by atoms with E-state index < -0.39 is 0 Å². The predicted octanol–water partition coefficient (Wildman–Crippen LogP) is 1.17. The van der Waals surface area contributed by atoms with Crippen molar-refractivity contribution in [3.05, 3.63) is 29.0 Å². The highest BCUT2D eigenvalue weighted by molar-refractivity contribution is 6.30. The molecule has 16 heavy (non-hydrogen) atoms. The number of hydrogen-bond acceptors (Lipinski definition) is 3. The highest BCUT2D eigenvalue weighted by Gasteiger charge is 2.22. The topological polar surface area (TPSA) is 45.2 Å². The summed E-state index contributed by atoms with van der Waals surface area (Å²) in [4.78, 5) is 17.9. The van der Waals surface area contributed by atoms with Crippen molar-refractivity contribution in [1.29, 1.82) is 0 Å². The van der Waals surface area contributed by atoms with Crippen LogP contribution < -0.4 is 5.32 Å². The molecule has 86 valence electrons. The van der Waals surface area contributed by atoms with Gasteiger partial charge in [-0.25, -0.2) is 4.98 Å². The van der Waals surface area contributed by atoms with Crippen LogP contribution in [-0.2, 0) is 0 Å². The molecule has 0 saturated carbocycles. The Kier molecular flexibility index (Phi) is 3.41.